The number of aliphatic hydroxyl groups is 1. The standard InChI is InChI=1S/C22H36O4.C19H30O4.C19H32O3.C17H26O4.C17H28O2/c1-3-13-9-14(4-2)22-17-11-15(21(13)22)10-16(17)18(12-19(23)24)26-20-7-5-6-8-25-20;1-4-11-6-12(5-2)19-15-8-13(18(11)19)7-14(15)16(9-17(21)22)23-10(3)20;1-4-11-6-12(5-2)18-15-8-13(17(11)18)7-14(15)9-19(3,22)10-16(20)21;1-4-8-6-9(5-2)13-11-7-10(12(8)13)14(16(18)19)15(11)17(20)21-3;1-4-10-6-11(5-2)16-14-8-12(15(10)16)7-13(14)9(3)17(18)19/h13-18,20-22H,3-12H2,1-2H3,(H,23,24);11-16,18-19H,4-9H2,1-3H3,(H,21,22);11-15,17-18,22H,4-10H2,1-3H3,(H,20,21);8-15H,4-7H2,1-3H3,(H,18,19);9-16H,4-8H2,1-3H3,(H,18,19). The Morgan fingerprint density at radius 1 is 0.414 bits per heavy atom. The van der Waals surface area contributed by atoms with E-state index in [1.807, 2.05) is 6.92 Å². The molecular weight excluding hydrogens is 1400 g/mol. The Morgan fingerprint density at radius 3 is 1.14 bits per heavy atom. The van der Waals surface area contributed by atoms with Gasteiger partial charge in [-0.2, -0.15) is 0 Å². The summed E-state index contributed by atoms with van der Waals surface area (Å²) in [5, 5.41) is 57.1. The molecule has 17 nitrogen and oxygen atoms in total. The molecule has 41 atom stereocenters. The van der Waals surface area contributed by atoms with Gasteiger partial charge in [0.2, 0.25) is 0 Å². The number of aliphatic carboxylic acids is 5. The summed E-state index contributed by atoms with van der Waals surface area (Å²) in [7, 11) is 1.38. The molecule has 41 unspecified atom stereocenters. The Hall–Kier alpha value is -3.83. The van der Waals surface area contributed by atoms with E-state index in [9.17, 15) is 59.1 Å². The molecular formula is C94H152O17. The average Bonchev–Trinajstić information content (AvgIpc) is 1.57. The first kappa shape index (κ1) is 86.5. The van der Waals surface area contributed by atoms with Crippen LogP contribution in [0.15, 0.2) is 0 Å². The van der Waals surface area contributed by atoms with Crippen LogP contribution in [-0.2, 0) is 52.5 Å². The monoisotopic (exact) mass is 1550 g/mol. The van der Waals surface area contributed by atoms with Crippen molar-refractivity contribution < 1.29 is 83.1 Å². The molecule has 1 aliphatic heterocycles. The number of carboxylic acid groups (broad SMARTS) is 5. The number of rotatable bonds is 27. The Balaban J connectivity index is 0.000000129. The van der Waals surface area contributed by atoms with Crippen LogP contribution in [0.2, 0.25) is 0 Å². The summed E-state index contributed by atoms with van der Waals surface area (Å²) in [6.45, 7) is 28.9. The lowest BCUT2D eigenvalue weighted by Crippen LogP contribution is -2.43. The maximum atomic E-state index is 12.2. The third kappa shape index (κ3) is 17.0. The predicted molar refractivity (Wildman–Crippen MR) is 426 cm³/mol. The number of carbonyl (C=O) groups excluding carboxylic acids is 2. The van der Waals surface area contributed by atoms with Crippen molar-refractivity contribution in [2.24, 2.45) is 219 Å². The van der Waals surface area contributed by atoms with Crippen molar-refractivity contribution in [3.05, 3.63) is 0 Å². The Bertz CT molecular complexity index is 3140. The van der Waals surface area contributed by atoms with Gasteiger partial charge >= 0.3 is 41.8 Å². The summed E-state index contributed by atoms with van der Waals surface area (Å²) in [4.78, 5) is 80.4. The van der Waals surface area contributed by atoms with E-state index in [2.05, 4.69) is 69.2 Å². The zero-order valence-electron chi connectivity index (χ0n) is 70.9. The lowest BCUT2D eigenvalue weighted by molar-refractivity contribution is -0.207. The molecule has 16 aliphatic rings. The van der Waals surface area contributed by atoms with Crippen LogP contribution in [0.3, 0.4) is 0 Å². The van der Waals surface area contributed by atoms with Crippen LogP contribution in [0.5, 0.6) is 0 Å². The molecule has 15 saturated carbocycles. The quantitative estimate of drug-likeness (QED) is 0.0417. The van der Waals surface area contributed by atoms with Crippen molar-refractivity contribution in [1.82, 2.24) is 0 Å². The molecule has 10 bridgehead atoms. The van der Waals surface area contributed by atoms with Crippen LogP contribution in [-0.4, -0.2) is 110 Å². The van der Waals surface area contributed by atoms with E-state index in [0.29, 0.717) is 59.7 Å². The molecule has 6 N–H and O–H groups in total. The van der Waals surface area contributed by atoms with Gasteiger partial charge in [-0.1, -0.05) is 140 Å². The average molecular weight is 1550 g/mol. The van der Waals surface area contributed by atoms with Crippen molar-refractivity contribution in [2.75, 3.05) is 13.7 Å². The van der Waals surface area contributed by atoms with Gasteiger partial charge in [-0.15, -0.1) is 0 Å². The number of carbonyl (C=O) groups is 7. The normalized spacial score (nSPS) is 46.0. The fourth-order valence-corrected chi connectivity index (χ4v) is 33.0. The van der Waals surface area contributed by atoms with Gasteiger partial charge in [0, 0.05) is 13.5 Å². The lowest BCUT2D eigenvalue weighted by atomic mass is 9.65. The van der Waals surface area contributed by atoms with E-state index in [0.717, 1.165) is 182 Å². The first-order valence-corrected chi connectivity index (χ1v) is 46.4. The highest BCUT2D eigenvalue weighted by Crippen LogP contribution is 2.72. The van der Waals surface area contributed by atoms with Crippen LogP contribution < -0.4 is 0 Å². The third-order valence-corrected chi connectivity index (χ3v) is 36.3. The molecule has 630 valence electrons. The zero-order valence-corrected chi connectivity index (χ0v) is 70.9. The fraction of sp³-hybridized carbons (Fsp3) is 0.926. The summed E-state index contributed by atoms with van der Waals surface area (Å²) >= 11 is 0. The van der Waals surface area contributed by atoms with E-state index in [1.165, 1.54) is 142 Å². The summed E-state index contributed by atoms with van der Waals surface area (Å²) in [6, 6.07) is 0. The van der Waals surface area contributed by atoms with Gasteiger partial charge in [-0.25, -0.2) is 0 Å². The number of ether oxygens (including phenoxy) is 4. The van der Waals surface area contributed by atoms with E-state index in [4.69, 9.17) is 24.1 Å². The van der Waals surface area contributed by atoms with Gasteiger partial charge in [-0.05, 0) is 324 Å². The minimum absolute atomic E-state index is 0.0428. The van der Waals surface area contributed by atoms with Crippen LogP contribution in [0.1, 0.15) is 289 Å². The molecule has 0 spiro atoms. The highest BCUT2D eigenvalue weighted by atomic mass is 16.7. The summed E-state index contributed by atoms with van der Waals surface area (Å²) in [5.41, 5.74) is -1.04. The highest BCUT2D eigenvalue weighted by Gasteiger charge is 2.69. The van der Waals surface area contributed by atoms with Crippen molar-refractivity contribution in [2.45, 2.75) is 313 Å². The Morgan fingerprint density at radius 2 is 0.775 bits per heavy atom. The molecule has 0 aromatic rings. The van der Waals surface area contributed by atoms with Crippen LogP contribution in [0.4, 0.5) is 0 Å². The van der Waals surface area contributed by atoms with Gasteiger partial charge in [-0.3, -0.25) is 33.6 Å². The molecule has 0 aromatic carbocycles. The first-order valence-electron chi connectivity index (χ1n) is 46.4. The molecule has 0 amide bonds. The molecule has 16 rings (SSSR count). The molecule has 16 fully saturated rings. The summed E-state index contributed by atoms with van der Waals surface area (Å²) in [5.74, 6) is 18.8. The second kappa shape index (κ2) is 36.6. The Kier molecular flexibility index (Phi) is 28.5. The number of methoxy groups -OCH3 is 1. The maximum absolute atomic E-state index is 12.2. The second-order valence-corrected chi connectivity index (χ2v) is 40.7. The minimum atomic E-state index is -1.04. The largest absolute Gasteiger partial charge is 0.481 e. The molecule has 111 heavy (non-hydrogen) atoms. The number of esters is 2. The van der Waals surface area contributed by atoms with Crippen molar-refractivity contribution in [3.63, 3.8) is 0 Å². The van der Waals surface area contributed by atoms with Gasteiger partial charge in [0.1, 0.15) is 6.10 Å². The van der Waals surface area contributed by atoms with Crippen LogP contribution in [0, 0.1) is 219 Å². The SMILES string of the molecule is CCC1CC(CC)C2C3CC(C(C(=O)O)C3C(=O)OC)C12.CCC1CC(CC)C2C3CC(CC3C(C)C(=O)O)C12.CCC1CC(CC)C2C3CC(CC3C(CC(=O)O)OC(C)=O)C12.CCC1CC(CC)C2C3CC(CC3C(CC(=O)O)OC3CCCCO3)C12.CCC1CC(CC)C2C3CC(CC3CC(C)(O)CC(=O)O)C12. The number of fused-ring (bicyclic) bond motifs is 25. The third-order valence-electron chi connectivity index (χ3n) is 36.3. The first-order chi connectivity index (χ1) is 53.1. The minimum Gasteiger partial charge on any atom is -0.481 e. The van der Waals surface area contributed by atoms with Gasteiger partial charge in [0.05, 0.1) is 55.8 Å². The summed E-state index contributed by atoms with van der Waals surface area (Å²) < 4.78 is 22.5. The maximum Gasteiger partial charge on any atom is 0.309 e. The number of hydrogen-bond acceptors (Lipinski definition) is 12. The predicted octanol–water partition coefficient (Wildman–Crippen LogP) is 19.3. The molecule has 1 heterocycles. The van der Waals surface area contributed by atoms with Crippen molar-refractivity contribution in [3.8, 4) is 0 Å². The van der Waals surface area contributed by atoms with Gasteiger partial charge in [0.15, 0.2) is 6.29 Å². The molecule has 0 aromatic heterocycles. The zero-order chi connectivity index (χ0) is 80.1. The number of carboxylic acids is 5. The van der Waals surface area contributed by atoms with Gasteiger partial charge in [0.25, 0.3) is 0 Å². The molecule has 0 radical (unpaired) electrons. The van der Waals surface area contributed by atoms with E-state index in [1.54, 1.807) is 6.92 Å². The fourth-order valence-electron chi connectivity index (χ4n) is 33.0. The van der Waals surface area contributed by atoms with Crippen LogP contribution >= 0.6 is 0 Å². The van der Waals surface area contributed by atoms with E-state index < -0.39 is 53.4 Å². The number of hydrogen-bond donors (Lipinski definition) is 6. The topological polar surface area (TPSA) is 278 Å². The lowest BCUT2D eigenvalue weighted by Gasteiger charge is -2.40. The van der Waals surface area contributed by atoms with Crippen LogP contribution in [0.25, 0.3) is 0 Å². The van der Waals surface area contributed by atoms with E-state index in [-0.39, 0.29) is 67.3 Å². The van der Waals surface area contributed by atoms with Crippen molar-refractivity contribution in [1.29, 1.82) is 0 Å². The summed E-state index contributed by atoms with van der Waals surface area (Å²) in [6.07, 6.45) is 33.2. The highest BCUT2D eigenvalue weighted by molar-refractivity contribution is 5.83. The molecule has 15 aliphatic carbocycles. The van der Waals surface area contributed by atoms with E-state index >= 15 is 0 Å². The van der Waals surface area contributed by atoms with Gasteiger partial charge < -0.3 is 49.6 Å². The Labute approximate surface area is 667 Å². The molecule has 17 heteroatoms. The molecule has 1 saturated heterocycles. The second-order valence-electron chi connectivity index (χ2n) is 40.7. The van der Waals surface area contributed by atoms with Crippen molar-refractivity contribution >= 4 is 41.8 Å². The smallest absolute Gasteiger partial charge is 0.309 e.